The smallest absolute Gasteiger partial charge is 0.299 e. The highest BCUT2D eigenvalue weighted by atomic mass is 16.7. The van der Waals surface area contributed by atoms with Crippen LogP contribution in [0.25, 0.3) is 0 Å². The Bertz CT molecular complexity index is 563. The second-order valence-electron chi connectivity index (χ2n) is 4.65. The lowest BCUT2D eigenvalue weighted by Crippen LogP contribution is -2.37. The zero-order valence-electron chi connectivity index (χ0n) is 10.9. The van der Waals surface area contributed by atoms with Gasteiger partial charge in [0.1, 0.15) is 17.9 Å². The quantitative estimate of drug-likeness (QED) is 0.823. The van der Waals surface area contributed by atoms with E-state index in [2.05, 4.69) is 0 Å². The summed E-state index contributed by atoms with van der Waals surface area (Å²) >= 11 is 0. The average Bonchev–Trinajstić information content (AvgIpc) is 2.38. The molecule has 1 amide bonds. The molecule has 0 radical (unpaired) electrons. The number of carbonyl (C=O) groups is 1. The van der Waals surface area contributed by atoms with Gasteiger partial charge >= 0.3 is 0 Å². The van der Waals surface area contributed by atoms with Crippen LogP contribution in [0.3, 0.4) is 0 Å². The van der Waals surface area contributed by atoms with E-state index >= 15 is 0 Å². The number of amides is 1. The van der Waals surface area contributed by atoms with Gasteiger partial charge in [0.05, 0.1) is 5.69 Å². The number of rotatable bonds is 4. The standard InChI is InChI=1S/C13H18N2O4/c1-2-7-19-15-9-6-4-3-5-8(9)11(16)10(12(14)17)13(15)18/h16H,2-7H2,1H3,(H2,14,17). The summed E-state index contributed by atoms with van der Waals surface area (Å²) in [5.41, 5.74) is 5.40. The first-order valence-electron chi connectivity index (χ1n) is 6.50. The Morgan fingerprint density at radius 1 is 1.42 bits per heavy atom. The van der Waals surface area contributed by atoms with Crippen molar-refractivity contribution in [2.75, 3.05) is 6.61 Å². The van der Waals surface area contributed by atoms with Gasteiger partial charge in [-0.15, -0.1) is 4.73 Å². The monoisotopic (exact) mass is 266 g/mol. The summed E-state index contributed by atoms with van der Waals surface area (Å²) in [4.78, 5) is 28.9. The minimum atomic E-state index is -0.926. The molecule has 0 saturated carbocycles. The van der Waals surface area contributed by atoms with Crippen molar-refractivity contribution in [1.29, 1.82) is 0 Å². The molecule has 0 aromatic carbocycles. The van der Waals surface area contributed by atoms with Crippen LogP contribution in [0.4, 0.5) is 0 Å². The van der Waals surface area contributed by atoms with Crippen LogP contribution >= 0.6 is 0 Å². The van der Waals surface area contributed by atoms with Gasteiger partial charge in [-0.2, -0.15) is 0 Å². The maximum Gasteiger partial charge on any atom is 0.299 e. The van der Waals surface area contributed by atoms with E-state index < -0.39 is 11.5 Å². The van der Waals surface area contributed by atoms with E-state index in [9.17, 15) is 14.7 Å². The summed E-state index contributed by atoms with van der Waals surface area (Å²) in [6.45, 7) is 2.29. The molecule has 19 heavy (non-hydrogen) atoms. The number of nitrogens with two attached hydrogens (primary N) is 1. The summed E-state index contributed by atoms with van der Waals surface area (Å²) in [5.74, 6) is -1.20. The van der Waals surface area contributed by atoms with Crippen molar-refractivity contribution >= 4 is 5.91 Å². The second-order valence-corrected chi connectivity index (χ2v) is 4.65. The fraction of sp³-hybridized carbons (Fsp3) is 0.538. The highest BCUT2D eigenvalue weighted by Crippen LogP contribution is 2.29. The van der Waals surface area contributed by atoms with E-state index in [1.54, 1.807) is 0 Å². The molecule has 6 nitrogen and oxygen atoms in total. The molecule has 0 fully saturated rings. The molecule has 3 N–H and O–H groups in total. The number of carbonyl (C=O) groups excluding carboxylic acids is 1. The first kappa shape index (κ1) is 13.5. The molecule has 0 bridgehead atoms. The lowest BCUT2D eigenvalue weighted by Gasteiger charge is -2.22. The Kier molecular flexibility index (Phi) is 3.78. The maximum absolute atomic E-state index is 12.2. The maximum atomic E-state index is 12.2. The summed E-state index contributed by atoms with van der Waals surface area (Å²) in [7, 11) is 0. The Balaban J connectivity index is 2.66. The van der Waals surface area contributed by atoms with Crippen molar-refractivity contribution in [3.05, 3.63) is 27.2 Å². The number of hydrogen-bond donors (Lipinski definition) is 2. The first-order valence-corrected chi connectivity index (χ1v) is 6.50. The molecule has 1 aliphatic carbocycles. The highest BCUT2D eigenvalue weighted by Gasteiger charge is 2.26. The van der Waals surface area contributed by atoms with Gasteiger partial charge in [-0.3, -0.25) is 9.59 Å². The van der Waals surface area contributed by atoms with E-state index in [0.29, 0.717) is 30.7 Å². The molecular weight excluding hydrogens is 248 g/mol. The van der Waals surface area contributed by atoms with E-state index in [0.717, 1.165) is 24.0 Å². The third-order valence-corrected chi connectivity index (χ3v) is 3.28. The Hall–Kier alpha value is -1.98. The van der Waals surface area contributed by atoms with Gasteiger partial charge in [-0.1, -0.05) is 6.92 Å². The van der Waals surface area contributed by atoms with Gasteiger partial charge in [0.2, 0.25) is 0 Å². The van der Waals surface area contributed by atoms with Gasteiger partial charge < -0.3 is 15.7 Å². The molecule has 0 saturated heterocycles. The molecule has 0 aliphatic heterocycles. The molecular formula is C13H18N2O4. The zero-order valence-corrected chi connectivity index (χ0v) is 10.9. The minimum Gasteiger partial charge on any atom is -0.507 e. The number of aromatic nitrogens is 1. The van der Waals surface area contributed by atoms with Crippen LogP contribution in [0.15, 0.2) is 4.79 Å². The molecule has 0 unspecified atom stereocenters. The molecule has 2 rings (SSSR count). The van der Waals surface area contributed by atoms with Gasteiger partial charge in [0, 0.05) is 5.56 Å². The summed E-state index contributed by atoms with van der Waals surface area (Å²) < 4.78 is 1.14. The van der Waals surface area contributed by atoms with Crippen LogP contribution in [0.5, 0.6) is 5.75 Å². The number of primary amides is 1. The van der Waals surface area contributed by atoms with E-state index in [-0.39, 0.29) is 11.3 Å². The van der Waals surface area contributed by atoms with Crippen LogP contribution in [-0.2, 0) is 12.8 Å². The van der Waals surface area contributed by atoms with Crippen LogP contribution < -0.4 is 16.1 Å². The van der Waals surface area contributed by atoms with Crippen molar-refractivity contribution in [2.45, 2.75) is 39.0 Å². The van der Waals surface area contributed by atoms with E-state index in [4.69, 9.17) is 10.6 Å². The molecule has 0 atom stereocenters. The molecule has 6 heteroatoms. The van der Waals surface area contributed by atoms with Gasteiger partial charge in [-0.05, 0) is 32.1 Å². The normalized spacial score (nSPS) is 13.9. The average molecular weight is 266 g/mol. The van der Waals surface area contributed by atoms with Crippen LogP contribution in [0.1, 0.15) is 47.8 Å². The Morgan fingerprint density at radius 3 is 2.74 bits per heavy atom. The van der Waals surface area contributed by atoms with Gasteiger partial charge in [0.15, 0.2) is 0 Å². The third-order valence-electron chi connectivity index (χ3n) is 3.28. The molecule has 104 valence electrons. The van der Waals surface area contributed by atoms with Crippen LogP contribution in [0.2, 0.25) is 0 Å². The lowest BCUT2D eigenvalue weighted by atomic mass is 9.93. The fourth-order valence-electron chi connectivity index (χ4n) is 2.39. The van der Waals surface area contributed by atoms with Crippen LogP contribution in [0, 0.1) is 0 Å². The number of aromatic hydroxyl groups is 1. The lowest BCUT2D eigenvalue weighted by molar-refractivity contribution is 0.0882. The number of hydrogen-bond acceptors (Lipinski definition) is 4. The van der Waals surface area contributed by atoms with Crippen molar-refractivity contribution in [3.8, 4) is 5.75 Å². The highest BCUT2D eigenvalue weighted by molar-refractivity contribution is 5.95. The van der Waals surface area contributed by atoms with Crippen molar-refractivity contribution in [3.63, 3.8) is 0 Å². The predicted octanol–water partition coefficient (Wildman–Crippen LogP) is 0.370. The SMILES string of the molecule is CCCOn1c2c(c(O)c(C(N)=O)c1=O)CCCC2. The molecule has 1 heterocycles. The summed E-state index contributed by atoms with van der Waals surface area (Å²) in [6, 6.07) is 0. The summed E-state index contributed by atoms with van der Waals surface area (Å²) in [5, 5.41) is 10.1. The Morgan fingerprint density at radius 2 is 2.11 bits per heavy atom. The Labute approximate surface area is 110 Å². The molecule has 1 aromatic rings. The molecule has 0 spiro atoms. The first-order chi connectivity index (χ1) is 9.07. The number of fused-ring (bicyclic) bond motifs is 1. The predicted molar refractivity (Wildman–Crippen MR) is 69.3 cm³/mol. The molecule has 1 aromatic heterocycles. The van der Waals surface area contributed by atoms with Crippen molar-refractivity contribution < 1.29 is 14.7 Å². The topological polar surface area (TPSA) is 94.5 Å². The third kappa shape index (κ3) is 2.30. The number of pyridine rings is 1. The van der Waals surface area contributed by atoms with Crippen molar-refractivity contribution in [1.82, 2.24) is 4.73 Å². The van der Waals surface area contributed by atoms with Crippen LogP contribution in [-0.4, -0.2) is 22.4 Å². The van der Waals surface area contributed by atoms with Crippen molar-refractivity contribution in [2.24, 2.45) is 5.73 Å². The minimum absolute atomic E-state index is 0.274. The van der Waals surface area contributed by atoms with Gasteiger partial charge in [-0.25, -0.2) is 0 Å². The zero-order chi connectivity index (χ0) is 14.0. The largest absolute Gasteiger partial charge is 0.507 e. The van der Waals surface area contributed by atoms with E-state index in [1.165, 1.54) is 0 Å². The molecule has 1 aliphatic rings. The summed E-state index contributed by atoms with van der Waals surface area (Å²) in [6.07, 6.45) is 3.86. The van der Waals surface area contributed by atoms with Gasteiger partial charge in [0.25, 0.3) is 11.5 Å². The second kappa shape index (κ2) is 5.34. The van der Waals surface area contributed by atoms with E-state index in [1.807, 2.05) is 6.92 Å². The fourth-order valence-corrected chi connectivity index (χ4v) is 2.39. The number of nitrogens with zero attached hydrogens (tertiary/aromatic N) is 1.